The first-order chi connectivity index (χ1) is 10.7. The number of benzene rings is 1. The van der Waals surface area contributed by atoms with Crippen LogP contribution in [0.5, 0.6) is 0 Å². The van der Waals surface area contributed by atoms with Gasteiger partial charge in [0.05, 0.1) is 11.6 Å². The Balaban J connectivity index is 1.82. The molecule has 0 unspecified atom stereocenters. The average Bonchev–Trinajstić information content (AvgIpc) is 3.17. The van der Waals surface area contributed by atoms with Gasteiger partial charge in [0.25, 0.3) is 5.91 Å². The predicted octanol–water partition coefficient (Wildman–Crippen LogP) is 3.30. The number of hydrogen-bond acceptors (Lipinski definition) is 4. The highest BCUT2D eigenvalue weighted by Gasteiger charge is 2.16. The van der Waals surface area contributed by atoms with Gasteiger partial charge in [-0.15, -0.1) is 16.4 Å². The summed E-state index contributed by atoms with van der Waals surface area (Å²) in [5.74, 6) is -0.0700. The van der Waals surface area contributed by atoms with Crippen LogP contribution < -0.4 is 5.32 Å². The van der Waals surface area contributed by atoms with Crippen molar-refractivity contribution in [1.82, 2.24) is 20.3 Å². The number of nitrogens with zero attached hydrogens (tertiary/aromatic N) is 3. The second-order valence-corrected chi connectivity index (χ2v) is 6.23. The second kappa shape index (κ2) is 6.27. The van der Waals surface area contributed by atoms with Crippen LogP contribution in [0.1, 0.15) is 41.0 Å². The molecule has 3 aromatic rings. The third kappa shape index (κ3) is 2.87. The Labute approximate surface area is 133 Å². The van der Waals surface area contributed by atoms with Crippen LogP contribution in [0.2, 0.25) is 0 Å². The van der Waals surface area contributed by atoms with Crippen molar-refractivity contribution in [3.63, 3.8) is 0 Å². The minimum absolute atomic E-state index is 0.0649. The lowest BCUT2D eigenvalue weighted by molar-refractivity contribution is 0.0935. The predicted molar refractivity (Wildman–Crippen MR) is 87.9 cm³/mol. The smallest absolute Gasteiger partial charge is 0.251 e. The highest BCUT2D eigenvalue weighted by atomic mass is 32.1. The first-order valence-electron chi connectivity index (χ1n) is 7.32. The maximum atomic E-state index is 12.5. The van der Waals surface area contributed by atoms with E-state index < -0.39 is 0 Å². The molecule has 0 saturated carbocycles. The molecule has 0 spiro atoms. The molecule has 1 amide bonds. The Bertz CT molecular complexity index is 779. The van der Waals surface area contributed by atoms with Crippen LogP contribution in [-0.2, 0) is 7.05 Å². The Morgan fingerprint density at radius 2 is 2.27 bits per heavy atom. The summed E-state index contributed by atoms with van der Waals surface area (Å²) in [5, 5.41) is 13.2. The van der Waals surface area contributed by atoms with Crippen molar-refractivity contribution in [1.29, 1.82) is 0 Å². The summed E-state index contributed by atoms with van der Waals surface area (Å²) in [6.07, 6.45) is 1.95. The van der Waals surface area contributed by atoms with Crippen molar-refractivity contribution in [2.24, 2.45) is 7.05 Å². The number of hydrogen-bond donors (Lipinski definition) is 1. The van der Waals surface area contributed by atoms with Gasteiger partial charge in [-0.3, -0.25) is 4.79 Å². The van der Waals surface area contributed by atoms with Gasteiger partial charge in [-0.1, -0.05) is 24.6 Å². The molecule has 0 aliphatic carbocycles. The van der Waals surface area contributed by atoms with E-state index >= 15 is 0 Å². The van der Waals surface area contributed by atoms with Gasteiger partial charge in [-0.25, -0.2) is 4.68 Å². The van der Waals surface area contributed by atoms with E-state index in [4.69, 9.17) is 0 Å². The van der Waals surface area contributed by atoms with E-state index in [9.17, 15) is 4.79 Å². The fourth-order valence-electron chi connectivity index (χ4n) is 2.49. The third-order valence-electron chi connectivity index (χ3n) is 3.64. The van der Waals surface area contributed by atoms with Crippen molar-refractivity contribution < 1.29 is 4.79 Å². The van der Waals surface area contributed by atoms with E-state index in [2.05, 4.69) is 28.6 Å². The van der Waals surface area contributed by atoms with Crippen LogP contribution in [0.4, 0.5) is 0 Å². The van der Waals surface area contributed by atoms with Gasteiger partial charge in [0.15, 0.2) is 0 Å². The van der Waals surface area contributed by atoms with Crippen LogP contribution >= 0.6 is 11.3 Å². The van der Waals surface area contributed by atoms with E-state index in [0.29, 0.717) is 5.56 Å². The number of carbonyl (C=O) groups is 1. The molecule has 3 rings (SSSR count). The average molecular weight is 314 g/mol. The number of amides is 1. The largest absolute Gasteiger partial charge is 0.344 e. The Morgan fingerprint density at radius 1 is 1.41 bits per heavy atom. The zero-order valence-corrected chi connectivity index (χ0v) is 13.4. The summed E-state index contributed by atoms with van der Waals surface area (Å²) in [7, 11) is 1.84. The number of aromatic nitrogens is 3. The Kier molecular flexibility index (Phi) is 4.20. The molecule has 0 aliphatic rings. The van der Waals surface area contributed by atoms with E-state index in [1.165, 1.54) is 4.88 Å². The lowest BCUT2D eigenvalue weighted by atomic mass is 10.1. The fraction of sp³-hybridized carbons (Fsp3) is 0.312. The molecule has 0 fully saturated rings. The van der Waals surface area contributed by atoms with E-state index in [-0.39, 0.29) is 11.9 Å². The molecule has 2 aromatic heterocycles. The van der Waals surface area contributed by atoms with Crippen LogP contribution in [0, 0.1) is 0 Å². The highest BCUT2D eigenvalue weighted by Crippen LogP contribution is 2.24. The zero-order chi connectivity index (χ0) is 15.5. The van der Waals surface area contributed by atoms with Gasteiger partial charge in [-0.05, 0) is 36.1 Å². The van der Waals surface area contributed by atoms with Crippen LogP contribution in [0.25, 0.3) is 11.0 Å². The SMILES string of the molecule is CCC[C@@H](NC(=O)c1ccc2c(c1)nnn2C)c1cccs1. The van der Waals surface area contributed by atoms with E-state index in [0.717, 1.165) is 23.9 Å². The minimum atomic E-state index is -0.0700. The topological polar surface area (TPSA) is 59.8 Å². The van der Waals surface area contributed by atoms with Crippen LogP contribution in [0.3, 0.4) is 0 Å². The van der Waals surface area contributed by atoms with Gasteiger partial charge in [0.1, 0.15) is 5.52 Å². The standard InChI is InChI=1S/C16H18N4OS/c1-3-5-12(15-6-4-9-22-15)17-16(21)11-7-8-14-13(10-11)18-19-20(14)2/h4,6-10,12H,3,5H2,1-2H3,(H,17,21)/t12-/m1/s1. The molecule has 114 valence electrons. The van der Waals surface area contributed by atoms with Crippen molar-refractivity contribution in [2.45, 2.75) is 25.8 Å². The molecule has 0 bridgehead atoms. The molecule has 0 aliphatic heterocycles. The van der Waals surface area contributed by atoms with Crippen molar-refractivity contribution in [2.75, 3.05) is 0 Å². The molecular weight excluding hydrogens is 296 g/mol. The van der Waals surface area contributed by atoms with Gasteiger partial charge in [0, 0.05) is 17.5 Å². The minimum Gasteiger partial charge on any atom is -0.344 e. The Morgan fingerprint density at radius 3 is 3.00 bits per heavy atom. The summed E-state index contributed by atoms with van der Waals surface area (Å²) in [4.78, 5) is 13.7. The normalized spacial score (nSPS) is 12.5. The van der Waals surface area contributed by atoms with Crippen molar-refractivity contribution in [3.05, 3.63) is 46.2 Å². The molecular formula is C16H18N4OS. The Hall–Kier alpha value is -2.21. The van der Waals surface area contributed by atoms with Gasteiger partial charge in [0.2, 0.25) is 0 Å². The van der Waals surface area contributed by atoms with Gasteiger partial charge >= 0.3 is 0 Å². The fourth-order valence-corrected chi connectivity index (χ4v) is 3.30. The second-order valence-electron chi connectivity index (χ2n) is 5.25. The molecule has 1 atom stereocenters. The van der Waals surface area contributed by atoms with Gasteiger partial charge in [-0.2, -0.15) is 0 Å². The molecule has 5 nitrogen and oxygen atoms in total. The van der Waals surface area contributed by atoms with Crippen LogP contribution in [-0.4, -0.2) is 20.9 Å². The number of nitrogens with one attached hydrogen (secondary N) is 1. The van der Waals surface area contributed by atoms with E-state index in [1.807, 2.05) is 30.6 Å². The van der Waals surface area contributed by atoms with Crippen LogP contribution in [0.15, 0.2) is 35.7 Å². The summed E-state index contributed by atoms with van der Waals surface area (Å²) >= 11 is 1.67. The molecule has 0 radical (unpaired) electrons. The van der Waals surface area contributed by atoms with E-state index in [1.54, 1.807) is 22.1 Å². The summed E-state index contributed by atoms with van der Waals surface area (Å²) < 4.78 is 1.70. The lowest BCUT2D eigenvalue weighted by Crippen LogP contribution is -2.27. The number of carbonyl (C=O) groups excluding carboxylic acids is 1. The van der Waals surface area contributed by atoms with Crippen molar-refractivity contribution in [3.8, 4) is 0 Å². The monoisotopic (exact) mass is 314 g/mol. The molecule has 1 N–H and O–H groups in total. The summed E-state index contributed by atoms with van der Waals surface area (Å²) in [6.45, 7) is 2.12. The molecule has 22 heavy (non-hydrogen) atoms. The number of fused-ring (bicyclic) bond motifs is 1. The third-order valence-corrected chi connectivity index (χ3v) is 4.63. The quantitative estimate of drug-likeness (QED) is 0.786. The number of aryl methyl sites for hydroxylation is 1. The maximum absolute atomic E-state index is 12.5. The maximum Gasteiger partial charge on any atom is 0.251 e. The number of rotatable bonds is 5. The zero-order valence-electron chi connectivity index (χ0n) is 12.6. The molecule has 6 heteroatoms. The molecule has 2 heterocycles. The molecule has 0 saturated heterocycles. The van der Waals surface area contributed by atoms with Gasteiger partial charge < -0.3 is 5.32 Å². The molecule has 1 aromatic carbocycles. The first-order valence-corrected chi connectivity index (χ1v) is 8.20. The lowest BCUT2D eigenvalue weighted by Gasteiger charge is -2.16. The first kappa shape index (κ1) is 14.7. The summed E-state index contributed by atoms with van der Waals surface area (Å²) in [6, 6.07) is 9.63. The summed E-state index contributed by atoms with van der Waals surface area (Å²) in [5.41, 5.74) is 2.27. The van der Waals surface area contributed by atoms with Crippen molar-refractivity contribution >= 4 is 28.3 Å². The number of thiophene rings is 1. The highest BCUT2D eigenvalue weighted by molar-refractivity contribution is 7.10.